The molecule has 3 aromatic rings. The number of rotatable bonds is 8. The lowest BCUT2D eigenvalue weighted by Gasteiger charge is -2.61. The lowest BCUT2D eigenvalue weighted by atomic mass is 9.45. The number of ether oxygens (including phenoxy) is 2. The molecule has 0 radical (unpaired) electrons. The van der Waals surface area contributed by atoms with Crippen molar-refractivity contribution in [3.63, 3.8) is 0 Å². The number of aryl methyl sites for hydroxylation is 1. The van der Waals surface area contributed by atoms with E-state index < -0.39 is 0 Å². The van der Waals surface area contributed by atoms with E-state index in [4.69, 9.17) is 19.5 Å². The standard InChI is InChI=1S/C35H47FN6O3/c1-21-19-41(14-12-37-21)34(40-30-16-24-15-28(22(30)2)35(24,3)4)38-25-8-10-27-31(17-25)39-32(20-44-5)42(33(27)43)13-11-23-7-9-26(45-6)18-29(23)36/h7-10,17-18,21-22,24,28,30,37H,11-16,19-20H2,1-6H3,(H,38,40). The molecule has 0 amide bonds. The summed E-state index contributed by atoms with van der Waals surface area (Å²) < 4.78 is 26.8. The van der Waals surface area contributed by atoms with Crippen LogP contribution >= 0.6 is 0 Å². The molecule has 2 aromatic carbocycles. The maximum absolute atomic E-state index is 14.6. The number of halogens is 1. The Morgan fingerprint density at radius 2 is 2.00 bits per heavy atom. The first-order valence-corrected chi connectivity index (χ1v) is 16.3. The van der Waals surface area contributed by atoms with E-state index in [1.54, 1.807) is 23.8 Å². The number of guanidine groups is 1. The Labute approximate surface area is 265 Å². The highest BCUT2D eigenvalue weighted by Gasteiger charge is 2.56. The van der Waals surface area contributed by atoms with Crippen molar-refractivity contribution in [3.8, 4) is 5.75 Å². The minimum atomic E-state index is -0.361. The molecule has 10 heteroatoms. The van der Waals surface area contributed by atoms with Crippen LogP contribution in [0.4, 0.5) is 10.1 Å². The maximum Gasteiger partial charge on any atom is 0.261 e. The normalized spacial score (nSPS) is 26.1. The molecule has 5 atom stereocenters. The molecular formula is C35H47FN6O3. The number of nitrogens with one attached hydrogen (secondary N) is 2. The van der Waals surface area contributed by atoms with Gasteiger partial charge in [-0.25, -0.2) is 14.4 Å². The van der Waals surface area contributed by atoms with E-state index >= 15 is 0 Å². The molecule has 7 rings (SSSR count). The molecular weight excluding hydrogens is 571 g/mol. The molecule has 9 nitrogen and oxygen atoms in total. The number of methoxy groups -OCH3 is 2. The molecule has 2 N–H and O–H groups in total. The molecule has 1 aromatic heterocycles. The van der Waals surface area contributed by atoms with Gasteiger partial charge in [0.25, 0.3) is 5.56 Å². The zero-order valence-electron chi connectivity index (χ0n) is 27.4. The van der Waals surface area contributed by atoms with Crippen molar-refractivity contribution in [3.05, 3.63) is 64.0 Å². The van der Waals surface area contributed by atoms with Gasteiger partial charge >= 0.3 is 0 Å². The van der Waals surface area contributed by atoms with Crippen LogP contribution in [-0.4, -0.2) is 66.3 Å². The highest BCUT2D eigenvalue weighted by molar-refractivity contribution is 5.96. The van der Waals surface area contributed by atoms with Gasteiger partial charge in [0.1, 0.15) is 24.0 Å². The first-order chi connectivity index (χ1) is 21.6. The molecule has 0 spiro atoms. The van der Waals surface area contributed by atoms with Gasteiger partial charge in [-0.05, 0) is 79.2 Å². The monoisotopic (exact) mass is 618 g/mol. The van der Waals surface area contributed by atoms with Gasteiger partial charge in [-0.15, -0.1) is 0 Å². The van der Waals surface area contributed by atoms with Crippen LogP contribution in [0.5, 0.6) is 5.75 Å². The lowest BCUT2D eigenvalue weighted by molar-refractivity contribution is -0.108. The van der Waals surface area contributed by atoms with Crippen molar-refractivity contribution in [1.82, 2.24) is 19.8 Å². The van der Waals surface area contributed by atoms with Crippen LogP contribution in [0.1, 0.15) is 51.9 Å². The van der Waals surface area contributed by atoms with Crippen LogP contribution in [0.3, 0.4) is 0 Å². The number of aromatic nitrogens is 2. The van der Waals surface area contributed by atoms with Crippen LogP contribution in [0.15, 0.2) is 46.2 Å². The Morgan fingerprint density at radius 1 is 1.18 bits per heavy atom. The summed E-state index contributed by atoms with van der Waals surface area (Å²) in [5.41, 5.74) is 2.17. The van der Waals surface area contributed by atoms with Crippen molar-refractivity contribution in [2.45, 2.75) is 72.2 Å². The molecule has 3 saturated carbocycles. The fourth-order valence-corrected chi connectivity index (χ4v) is 7.80. The minimum Gasteiger partial charge on any atom is -0.497 e. The molecule has 242 valence electrons. The second-order valence-corrected chi connectivity index (χ2v) is 13.8. The van der Waals surface area contributed by atoms with Crippen molar-refractivity contribution < 1.29 is 13.9 Å². The number of piperazine rings is 1. The number of anilines is 1. The molecule has 1 saturated heterocycles. The van der Waals surface area contributed by atoms with Gasteiger partial charge in [-0.2, -0.15) is 0 Å². The van der Waals surface area contributed by atoms with Crippen LogP contribution in [0, 0.1) is 29.0 Å². The number of hydrogen-bond acceptors (Lipinski definition) is 6. The molecule has 2 bridgehead atoms. The van der Waals surface area contributed by atoms with E-state index in [2.05, 4.69) is 43.2 Å². The summed E-state index contributed by atoms with van der Waals surface area (Å²) in [7, 11) is 3.09. The zero-order valence-corrected chi connectivity index (χ0v) is 27.4. The van der Waals surface area contributed by atoms with E-state index in [9.17, 15) is 9.18 Å². The summed E-state index contributed by atoms with van der Waals surface area (Å²) in [4.78, 5) is 26.3. The van der Waals surface area contributed by atoms with E-state index in [0.717, 1.165) is 43.6 Å². The topological polar surface area (TPSA) is 93.0 Å². The molecule has 5 unspecified atom stereocenters. The number of benzene rings is 2. The molecule has 4 aliphatic rings. The van der Waals surface area contributed by atoms with E-state index in [0.29, 0.717) is 57.8 Å². The minimum absolute atomic E-state index is 0.164. The van der Waals surface area contributed by atoms with Crippen molar-refractivity contribution in [2.24, 2.45) is 28.2 Å². The van der Waals surface area contributed by atoms with Gasteiger partial charge < -0.3 is 25.0 Å². The van der Waals surface area contributed by atoms with Gasteiger partial charge in [0.2, 0.25) is 0 Å². The average molecular weight is 619 g/mol. The third kappa shape index (κ3) is 6.19. The average Bonchev–Trinajstić information content (AvgIpc) is 3.01. The van der Waals surface area contributed by atoms with Gasteiger partial charge in [0.15, 0.2) is 5.96 Å². The smallest absolute Gasteiger partial charge is 0.261 e. The predicted molar refractivity (Wildman–Crippen MR) is 176 cm³/mol. The molecule has 1 aliphatic heterocycles. The predicted octanol–water partition coefficient (Wildman–Crippen LogP) is 5.07. The van der Waals surface area contributed by atoms with Crippen LogP contribution in [-0.2, 0) is 24.3 Å². The Kier molecular flexibility index (Phi) is 8.89. The summed E-state index contributed by atoms with van der Waals surface area (Å²) in [5, 5.41) is 7.69. The highest BCUT2D eigenvalue weighted by atomic mass is 19.1. The molecule has 3 aliphatic carbocycles. The third-order valence-electron chi connectivity index (χ3n) is 10.7. The summed E-state index contributed by atoms with van der Waals surface area (Å²) >= 11 is 0. The van der Waals surface area contributed by atoms with E-state index in [1.165, 1.54) is 19.6 Å². The molecule has 45 heavy (non-hydrogen) atoms. The maximum atomic E-state index is 14.6. The summed E-state index contributed by atoms with van der Waals surface area (Å²) in [5.74, 6) is 3.46. The fourth-order valence-electron chi connectivity index (χ4n) is 7.80. The highest BCUT2D eigenvalue weighted by Crippen LogP contribution is 2.61. The van der Waals surface area contributed by atoms with Crippen molar-refractivity contribution in [2.75, 3.05) is 39.2 Å². The first-order valence-electron chi connectivity index (χ1n) is 16.3. The van der Waals surface area contributed by atoms with Gasteiger partial charge in [0, 0.05) is 51.1 Å². The van der Waals surface area contributed by atoms with Crippen molar-refractivity contribution >= 4 is 22.5 Å². The van der Waals surface area contributed by atoms with Gasteiger partial charge in [0.05, 0.1) is 24.1 Å². The van der Waals surface area contributed by atoms with Crippen LogP contribution in [0.2, 0.25) is 0 Å². The second-order valence-electron chi connectivity index (χ2n) is 13.8. The first kappa shape index (κ1) is 31.5. The number of nitrogens with zero attached hydrogens (tertiary/aromatic N) is 4. The number of aliphatic imine (C=N–C) groups is 1. The number of fused-ring (bicyclic) bond motifs is 3. The molecule has 4 fully saturated rings. The van der Waals surface area contributed by atoms with Gasteiger partial charge in [-0.3, -0.25) is 9.36 Å². The number of hydrogen-bond donors (Lipinski definition) is 2. The van der Waals surface area contributed by atoms with Crippen molar-refractivity contribution in [1.29, 1.82) is 0 Å². The third-order valence-corrected chi connectivity index (χ3v) is 10.7. The Hall–Kier alpha value is -3.50. The molecule has 2 heterocycles. The lowest BCUT2D eigenvalue weighted by Crippen LogP contribution is -2.57. The van der Waals surface area contributed by atoms with Crippen LogP contribution < -0.4 is 20.9 Å². The summed E-state index contributed by atoms with van der Waals surface area (Å²) in [6.07, 6.45) is 2.78. The largest absolute Gasteiger partial charge is 0.497 e. The SMILES string of the molecule is COCc1nc2cc(NC(=NC3CC4CC(C3C)C4(C)C)N3CCNC(C)C3)ccc2c(=O)n1CCc1ccc(OC)cc1F. The Morgan fingerprint density at radius 3 is 2.69 bits per heavy atom. The van der Waals surface area contributed by atoms with Crippen LogP contribution in [0.25, 0.3) is 10.9 Å². The van der Waals surface area contributed by atoms with E-state index in [1.807, 2.05) is 18.2 Å². The summed E-state index contributed by atoms with van der Waals surface area (Å²) in [6.45, 7) is 12.5. The fraction of sp³-hybridized carbons (Fsp3) is 0.571. The van der Waals surface area contributed by atoms with E-state index in [-0.39, 0.29) is 30.6 Å². The second kappa shape index (κ2) is 12.7. The Balaban J connectivity index is 1.29. The Bertz CT molecular complexity index is 1640. The zero-order chi connectivity index (χ0) is 31.9. The summed E-state index contributed by atoms with van der Waals surface area (Å²) in [6, 6.07) is 11.1. The quantitative estimate of drug-likeness (QED) is 0.269. The van der Waals surface area contributed by atoms with Gasteiger partial charge in [-0.1, -0.05) is 26.8 Å².